The lowest BCUT2D eigenvalue weighted by molar-refractivity contribution is -0.254. The standard InChI is InChI=1S/C17H16ClNO5S/c1-23-14-7-12(17(21)22)13(8-15(14)24-2)19-16(20)9-25-11-5-3-10(18)4-6-11/h3-8H,9H2,1-2H3,(H,19,20)(H,21,22)/p-1. The summed E-state index contributed by atoms with van der Waals surface area (Å²) in [5, 5.41) is 14.5. The van der Waals surface area contributed by atoms with Gasteiger partial charge in [0.25, 0.3) is 0 Å². The predicted octanol–water partition coefficient (Wildman–Crippen LogP) is 2.45. The Morgan fingerprint density at radius 2 is 1.72 bits per heavy atom. The first-order valence-corrected chi connectivity index (χ1v) is 8.46. The Hall–Kier alpha value is -2.38. The van der Waals surface area contributed by atoms with Gasteiger partial charge >= 0.3 is 0 Å². The molecule has 0 aliphatic rings. The molecule has 0 spiro atoms. The summed E-state index contributed by atoms with van der Waals surface area (Å²) >= 11 is 7.11. The number of halogens is 1. The van der Waals surface area contributed by atoms with Crippen molar-refractivity contribution in [2.75, 3.05) is 25.3 Å². The van der Waals surface area contributed by atoms with E-state index in [0.717, 1.165) is 4.90 Å². The minimum absolute atomic E-state index is 0.0827. The highest BCUT2D eigenvalue weighted by molar-refractivity contribution is 8.00. The lowest BCUT2D eigenvalue weighted by atomic mass is 10.1. The third-order valence-corrected chi connectivity index (χ3v) is 4.47. The maximum absolute atomic E-state index is 12.1. The average molecular weight is 381 g/mol. The number of hydrogen-bond donors (Lipinski definition) is 1. The molecule has 1 amide bonds. The highest BCUT2D eigenvalue weighted by Gasteiger charge is 2.14. The lowest BCUT2D eigenvalue weighted by Crippen LogP contribution is -2.25. The van der Waals surface area contributed by atoms with Crippen molar-refractivity contribution < 1.29 is 24.2 Å². The van der Waals surface area contributed by atoms with E-state index in [2.05, 4.69) is 5.32 Å². The maximum Gasteiger partial charge on any atom is 0.234 e. The lowest BCUT2D eigenvalue weighted by Gasteiger charge is -2.16. The summed E-state index contributed by atoms with van der Waals surface area (Å²) in [6.07, 6.45) is 0. The summed E-state index contributed by atoms with van der Waals surface area (Å²) in [7, 11) is 2.80. The van der Waals surface area contributed by atoms with Crippen molar-refractivity contribution >= 4 is 40.9 Å². The Labute approximate surface area is 154 Å². The molecule has 0 fully saturated rings. The monoisotopic (exact) mass is 380 g/mol. The summed E-state index contributed by atoms with van der Waals surface area (Å²) in [6.45, 7) is 0. The smallest absolute Gasteiger partial charge is 0.234 e. The summed E-state index contributed by atoms with van der Waals surface area (Å²) in [6, 6.07) is 9.67. The van der Waals surface area contributed by atoms with Crippen molar-refractivity contribution in [3.8, 4) is 11.5 Å². The van der Waals surface area contributed by atoms with Gasteiger partial charge < -0.3 is 24.7 Å². The molecule has 8 heteroatoms. The van der Waals surface area contributed by atoms with E-state index in [0.29, 0.717) is 10.8 Å². The molecule has 0 saturated carbocycles. The van der Waals surface area contributed by atoms with Crippen LogP contribution in [0.25, 0.3) is 0 Å². The third kappa shape index (κ3) is 5.04. The number of carboxylic acid groups (broad SMARTS) is 1. The highest BCUT2D eigenvalue weighted by atomic mass is 35.5. The minimum Gasteiger partial charge on any atom is -0.545 e. The van der Waals surface area contributed by atoms with Gasteiger partial charge in [-0.05, 0) is 30.3 Å². The van der Waals surface area contributed by atoms with Gasteiger partial charge in [-0.2, -0.15) is 0 Å². The SMILES string of the molecule is COc1cc(NC(=O)CSc2ccc(Cl)cc2)c(C(=O)[O-])cc1OC. The zero-order valence-electron chi connectivity index (χ0n) is 13.5. The molecule has 0 atom stereocenters. The Bertz CT molecular complexity index is 779. The predicted molar refractivity (Wildman–Crippen MR) is 94.7 cm³/mol. The average Bonchev–Trinajstić information content (AvgIpc) is 2.60. The van der Waals surface area contributed by atoms with Crippen molar-refractivity contribution in [1.82, 2.24) is 0 Å². The van der Waals surface area contributed by atoms with Gasteiger partial charge in [0.05, 0.1) is 31.6 Å². The van der Waals surface area contributed by atoms with Gasteiger partial charge in [0.1, 0.15) is 0 Å². The molecular formula is C17H15ClNO5S-. The van der Waals surface area contributed by atoms with Crippen molar-refractivity contribution in [2.24, 2.45) is 0 Å². The molecule has 0 aliphatic carbocycles. The maximum atomic E-state index is 12.1. The molecule has 0 aliphatic heterocycles. The highest BCUT2D eigenvalue weighted by Crippen LogP contribution is 2.33. The number of methoxy groups -OCH3 is 2. The fourth-order valence-corrected chi connectivity index (χ4v) is 2.84. The normalized spacial score (nSPS) is 10.2. The van der Waals surface area contributed by atoms with E-state index in [9.17, 15) is 14.7 Å². The molecular weight excluding hydrogens is 366 g/mol. The summed E-state index contributed by atoms with van der Waals surface area (Å²) in [4.78, 5) is 24.3. The van der Waals surface area contributed by atoms with Crippen LogP contribution in [0.3, 0.4) is 0 Å². The number of benzene rings is 2. The molecule has 0 saturated heterocycles. The van der Waals surface area contributed by atoms with Crippen LogP contribution in [0.15, 0.2) is 41.3 Å². The Kier molecular flexibility index (Phi) is 6.55. The molecule has 6 nitrogen and oxygen atoms in total. The van der Waals surface area contributed by atoms with E-state index in [1.165, 1.54) is 38.1 Å². The molecule has 2 rings (SSSR count). The van der Waals surface area contributed by atoms with Crippen LogP contribution in [0.5, 0.6) is 11.5 Å². The number of carboxylic acids is 1. The minimum atomic E-state index is -1.43. The Balaban J connectivity index is 2.13. The van der Waals surface area contributed by atoms with Crippen molar-refractivity contribution in [3.63, 3.8) is 0 Å². The first-order chi connectivity index (χ1) is 11.9. The summed E-state index contributed by atoms with van der Waals surface area (Å²) < 4.78 is 10.2. The zero-order valence-corrected chi connectivity index (χ0v) is 15.1. The number of carbonyl (C=O) groups is 2. The summed E-state index contributed by atoms with van der Waals surface area (Å²) in [5.74, 6) is -1.16. The number of ether oxygens (including phenoxy) is 2. The van der Waals surface area contributed by atoms with Crippen molar-refractivity contribution in [2.45, 2.75) is 4.90 Å². The van der Waals surface area contributed by atoms with Crippen molar-refractivity contribution in [1.29, 1.82) is 0 Å². The molecule has 2 aromatic carbocycles. The second-order valence-corrected chi connectivity index (χ2v) is 6.32. The Morgan fingerprint density at radius 3 is 2.28 bits per heavy atom. The van der Waals surface area contributed by atoms with E-state index < -0.39 is 5.97 Å². The summed E-state index contributed by atoms with van der Waals surface area (Å²) in [5.41, 5.74) is -0.109. The van der Waals surface area contributed by atoms with Gasteiger partial charge in [-0.15, -0.1) is 11.8 Å². The van der Waals surface area contributed by atoms with Gasteiger partial charge in [0, 0.05) is 21.5 Å². The zero-order chi connectivity index (χ0) is 18.4. The van der Waals surface area contributed by atoms with Crippen LogP contribution in [-0.2, 0) is 4.79 Å². The number of anilines is 1. The van der Waals surface area contributed by atoms with E-state index >= 15 is 0 Å². The van der Waals surface area contributed by atoms with E-state index in [1.54, 1.807) is 24.3 Å². The van der Waals surface area contributed by atoms with Crippen LogP contribution in [0, 0.1) is 0 Å². The molecule has 0 aromatic heterocycles. The molecule has 25 heavy (non-hydrogen) atoms. The first kappa shape index (κ1) is 19.0. The molecule has 0 bridgehead atoms. The van der Waals surface area contributed by atoms with Gasteiger partial charge in [-0.25, -0.2) is 0 Å². The fourth-order valence-electron chi connectivity index (χ4n) is 2.02. The third-order valence-electron chi connectivity index (χ3n) is 3.20. The number of nitrogens with one attached hydrogen (secondary N) is 1. The molecule has 1 N–H and O–H groups in total. The topological polar surface area (TPSA) is 87.7 Å². The van der Waals surface area contributed by atoms with E-state index in [-0.39, 0.29) is 28.7 Å². The number of thioether (sulfide) groups is 1. The van der Waals surface area contributed by atoms with Crippen molar-refractivity contribution in [3.05, 3.63) is 47.0 Å². The van der Waals surface area contributed by atoms with Crippen LogP contribution in [-0.4, -0.2) is 31.8 Å². The second-order valence-electron chi connectivity index (χ2n) is 4.83. The molecule has 0 unspecified atom stereocenters. The van der Waals surface area contributed by atoms with Crippen LogP contribution < -0.4 is 19.9 Å². The van der Waals surface area contributed by atoms with Crippen LogP contribution >= 0.6 is 23.4 Å². The van der Waals surface area contributed by atoms with E-state index in [1.807, 2.05) is 0 Å². The quantitative estimate of drug-likeness (QED) is 0.742. The van der Waals surface area contributed by atoms with Gasteiger partial charge in [-0.1, -0.05) is 11.6 Å². The second kappa shape index (κ2) is 8.64. The number of rotatable bonds is 7. The van der Waals surface area contributed by atoms with Gasteiger partial charge in [-0.3, -0.25) is 4.79 Å². The molecule has 132 valence electrons. The molecule has 0 heterocycles. The Morgan fingerprint density at radius 1 is 1.12 bits per heavy atom. The van der Waals surface area contributed by atoms with Crippen LogP contribution in [0.1, 0.15) is 10.4 Å². The van der Waals surface area contributed by atoms with Crippen LogP contribution in [0.2, 0.25) is 5.02 Å². The van der Waals surface area contributed by atoms with E-state index in [4.69, 9.17) is 21.1 Å². The number of hydrogen-bond acceptors (Lipinski definition) is 6. The number of aromatic carboxylic acids is 1. The molecule has 2 aromatic rings. The van der Waals surface area contributed by atoms with Gasteiger partial charge in [0.15, 0.2) is 11.5 Å². The largest absolute Gasteiger partial charge is 0.545 e. The number of carbonyl (C=O) groups excluding carboxylic acids is 2. The fraction of sp³-hybridized carbons (Fsp3) is 0.176. The first-order valence-electron chi connectivity index (χ1n) is 7.10. The molecule has 0 radical (unpaired) electrons. The van der Waals surface area contributed by atoms with Crippen LogP contribution in [0.4, 0.5) is 5.69 Å². The number of amides is 1. The van der Waals surface area contributed by atoms with Gasteiger partial charge in [0.2, 0.25) is 5.91 Å².